The third kappa shape index (κ3) is 4.14. The van der Waals surface area contributed by atoms with Crippen LogP contribution in [0.3, 0.4) is 0 Å². The summed E-state index contributed by atoms with van der Waals surface area (Å²) in [4.78, 5) is 24.0. The molecule has 0 aliphatic rings. The second-order valence-corrected chi connectivity index (χ2v) is 3.72. The van der Waals surface area contributed by atoms with Crippen LogP contribution in [0, 0.1) is 0 Å². The highest BCUT2D eigenvalue weighted by Gasteiger charge is 2.14. The zero-order valence-electron chi connectivity index (χ0n) is 9.72. The zero-order valence-corrected chi connectivity index (χ0v) is 9.72. The molecule has 0 radical (unpaired) electrons. The molecule has 1 aromatic carbocycles. The molecule has 92 valence electrons. The Hall–Kier alpha value is -2.04. The van der Waals surface area contributed by atoms with Crippen molar-refractivity contribution in [2.45, 2.75) is 13.3 Å². The van der Waals surface area contributed by atoms with Gasteiger partial charge in [-0.15, -0.1) is 0 Å². The van der Waals surface area contributed by atoms with Crippen LogP contribution in [-0.4, -0.2) is 34.9 Å². The van der Waals surface area contributed by atoms with Crippen LogP contribution in [0.1, 0.15) is 12.5 Å². The highest BCUT2D eigenvalue weighted by molar-refractivity contribution is 5.85. The van der Waals surface area contributed by atoms with Crippen LogP contribution in [0.4, 0.5) is 0 Å². The predicted molar refractivity (Wildman–Crippen MR) is 63.3 cm³/mol. The lowest BCUT2D eigenvalue weighted by atomic mass is 10.1. The second kappa shape index (κ2) is 5.89. The average molecular weight is 236 g/mol. The first-order valence-corrected chi connectivity index (χ1v) is 5.37. The molecule has 1 aromatic rings. The first-order valence-electron chi connectivity index (χ1n) is 5.37. The standard InChI is InChI=1S/C12H16N2O3/c1-2-14(8-11(13)16)12(17)7-9-4-3-5-10(15)6-9/h3-6,15H,2,7-8H2,1H3,(H2,13,16). The van der Waals surface area contributed by atoms with Crippen LogP contribution < -0.4 is 5.73 Å². The number of rotatable bonds is 5. The van der Waals surface area contributed by atoms with E-state index in [9.17, 15) is 14.7 Å². The summed E-state index contributed by atoms with van der Waals surface area (Å²) in [6, 6.07) is 6.48. The highest BCUT2D eigenvalue weighted by Crippen LogP contribution is 2.12. The maximum atomic E-state index is 11.8. The summed E-state index contributed by atoms with van der Waals surface area (Å²) < 4.78 is 0. The number of carbonyl (C=O) groups excluding carboxylic acids is 2. The number of carbonyl (C=O) groups is 2. The number of likely N-dealkylation sites (N-methyl/N-ethyl adjacent to an activating group) is 1. The van der Waals surface area contributed by atoms with Gasteiger partial charge in [-0.25, -0.2) is 0 Å². The van der Waals surface area contributed by atoms with Crippen molar-refractivity contribution in [1.82, 2.24) is 4.90 Å². The summed E-state index contributed by atoms with van der Waals surface area (Å²) in [5.74, 6) is -0.596. The molecule has 0 saturated carbocycles. The van der Waals surface area contributed by atoms with Crippen molar-refractivity contribution >= 4 is 11.8 Å². The van der Waals surface area contributed by atoms with Gasteiger partial charge in [0.05, 0.1) is 13.0 Å². The fourth-order valence-corrected chi connectivity index (χ4v) is 1.52. The summed E-state index contributed by atoms with van der Waals surface area (Å²) >= 11 is 0. The van der Waals surface area contributed by atoms with Crippen molar-refractivity contribution in [3.05, 3.63) is 29.8 Å². The molecule has 1 rings (SSSR count). The summed E-state index contributed by atoms with van der Waals surface area (Å²) in [5, 5.41) is 9.27. The van der Waals surface area contributed by atoms with Gasteiger partial charge in [-0.1, -0.05) is 12.1 Å². The minimum atomic E-state index is -0.531. The number of hydrogen-bond donors (Lipinski definition) is 2. The molecule has 0 spiro atoms. The quantitative estimate of drug-likeness (QED) is 0.769. The predicted octanol–water partition coefficient (Wildman–Crippen LogP) is 0.269. The molecule has 0 aliphatic heterocycles. The molecule has 0 bridgehead atoms. The SMILES string of the molecule is CCN(CC(N)=O)C(=O)Cc1cccc(O)c1. The van der Waals surface area contributed by atoms with Crippen LogP contribution >= 0.6 is 0 Å². The number of phenolic OH excluding ortho intramolecular Hbond substituents is 1. The first-order chi connectivity index (χ1) is 8.02. The lowest BCUT2D eigenvalue weighted by Gasteiger charge is -2.18. The average Bonchev–Trinajstić information content (AvgIpc) is 2.25. The van der Waals surface area contributed by atoms with Gasteiger partial charge >= 0.3 is 0 Å². The van der Waals surface area contributed by atoms with E-state index in [2.05, 4.69) is 0 Å². The third-order valence-corrected chi connectivity index (χ3v) is 2.35. The Bertz CT molecular complexity index is 418. The Kier molecular flexibility index (Phi) is 4.51. The maximum absolute atomic E-state index is 11.8. The first kappa shape index (κ1) is 13.0. The monoisotopic (exact) mass is 236 g/mol. The summed E-state index contributed by atoms with van der Waals surface area (Å²) in [6.07, 6.45) is 0.148. The van der Waals surface area contributed by atoms with E-state index in [4.69, 9.17) is 5.73 Å². The minimum Gasteiger partial charge on any atom is -0.508 e. The fourth-order valence-electron chi connectivity index (χ4n) is 1.52. The smallest absolute Gasteiger partial charge is 0.237 e. The Morgan fingerprint density at radius 3 is 2.65 bits per heavy atom. The van der Waals surface area contributed by atoms with Crippen LogP contribution in [0.2, 0.25) is 0 Å². The normalized spacial score (nSPS) is 9.94. The van der Waals surface area contributed by atoms with E-state index in [1.54, 1.807) is 19.1 Å². The molecule has 3 N–H and O–H groups in total. The molecular formula is C12H16N2O3. The van der Waals surface area contributed by atoms with Crippen molar-refractivity contribution in [2.24, 2.45) is 5.73 Å². The molecule has 17 heavy (non-hydrogen) atoms. The van der Waals surface area contributed by atoms with Gasteiger partial charge in [0.25, 0.3) is 0 Å². The van der Waals surface area contributed by atoms with Gasteiger partial charge in [-0.05, 0) is 24.6 Å². The molecular weight excluding hydrogens is 220 g/mol. The zero-order chi connectivity index (χ0) is 12.8. The van der Waals surface area contributed by atoms with Crippen molar-refractivity contribution in [3.8, 4) is 5.75 Å². The number of nitrogens with two attached hydrogens (primary N) is 1. The van der Waals surface area contributed by atoms with Gasteiger partial charge in [0.2, 0.25) is 11.8 Å². The maximum Gasteiger partial charge on any atom is 0.237 e. The number of hydrogen-bond acceptors (Lipinski definition) is 3. The Labute approximate surface area is 99.8 Å². The van der Waals surface area contributed by atoms with Crippen LogP contribution in [-0.2, 0) is 16.0 Å². The topological polar surface area (TPSA) is 83.6 Å². The molecule has 0 saturated heterocycles. The van der Waals surface area contributed by atoms with Crippen LogP contribution in [0.5, 0.6) is 5.75 Å². The Balaban J connectivity index is 2.67. The van der Waals surface area contributed by atoms with Gasteiger partial charge in [0.15, 0.2) is 0 Å². The lowest BCUT2D eigenvalue weighted by molar-refractivity contribution is -0.134. The van der Waals surface area contributed by atoms with E-state index >= 15 is 0 Å². The largest absolute Gasteiger partial charge is 0.508 e. The van der Waals surface area contributed by atoms with Crippen molar-refractivity contribution in [3.63, 3.8) is 0 Å². The molecule has 0 heterocycles. The van der Waals surface area contributed by atoms with Crippen molar-refractivity contribution < 1.29 is 14.7 Å². The van der Waals surface area contributed by atoms with Crippen LogP contribution in [0.15, 0.2) is 24.3 Å². The van der Waals surface area contributed by atoms with Gasteiger partial charge in [-0.2, -0.15) is 0 Å². The van der Waals surface area contributed by atoms with Crippen LogP contribution in [0.25, 0.3) is 0 Å². The van der Waals surface area contributed by atoms with Gasteiger partial charge in [0.1, 0.15) is 5.75 Å². The molecule has 0 aromatic heterocycles. The van der Waals surface area contributed by atoms with E-state index < -0.39 is 5.91 Å². The van der Waals surface area contributed by atoms with Gasteiger partial charge < -0.3 is 15.7 Å². The summed E-state index contributed by atoms with van der Waals surface area (Å²) in [5.41, 5.74) is 5.76. The molecule has 0 aliphatic carbocycles. The second-order valence-electron chi connectivity index (χ2n) is 3.72. The van der Waals surface area contributed by atoms with E-state index in [1.807, 2.05) is 0 Å². The van der Waals surface area contributed by atoms with Gasteiger partial charge in [-0.3, -0.25) is 9.59 Å². The number of amides is 2. The minimum absolute atomic E-state index is 0.0752. The van der Waals surface area contributed by atoms with E-state index in [0.717, 1.165) is 0 Å². The van der Waals surface area contributed by atoms with Crippen molar-refractivity contribution in [1.29, 1.82) is 0 Å². The summed E-state index contributed by atoms with van der Waals surface area (Å²) in [7, 11) is 0. The lowest BCUT2D eigenvalue weighted by Crippen LogP contribution is -2.39. The van der Waals surface area contributed by atoms with E-state index in [0.29, 0.717) is 12.1 Å². The fraction of sp³-hybridized carbons (Fsp3) is 0.333. The molecule has 0 atom stereocenters. The number of primary amides is 1. The van der Waals surface area contributed by atoms with E-state index in [-0.39, 0.29) is 24.6 Å². The number of nitrogens with zero attached hydrogens (tertiary/aromatic N) is 1. The Morgan fingerprint density at radius 2 is 2.12 bits per heavy atom. The third-order valence-electron chi connectivity index (χ3n) is 2.35. The Morgan fingerprint density at radius 1 is 1.41 bits per heavy atom. The van der Waals surface area contributed by atoms with Crippen molar-refractivity contribution in [2.75, 3.05) is 13.1 Å². The molecule has 5 heteroatoms. The number of benzene rings is 1. The summed E-state index contributed by atoms with van der Waals surface area (Å²) in [6.45, 7) is 2.14. The number of phenols is 1. The molecule has 0 fully saturated rings. The van der Waals surface area contributed by atoms with E-state index in [1.165, 1.54) is 17.0 Å². The van der Waals surface area contributed by atoms with Gasteiger partial charge in [0, 0.05) is 6.54 Å². The number of aromatic hydroxyl groups is 1. The highest BCUT2D eigenvalue weighted by atomic mass is 16.3. The molecule has 0 unspecified atom stereocenters. The molecule has 5 nitrogen and oxygen atoms in total. The molecule has 2 amide bonds.